The van der Waals surface area contributed by atoms with E-state index in [9.17, 15) is 4.79 Å². The number of aromatic amines is 1. The number of amides is 1. The monoisotopic (exact) mass is 454 g/mol. The quantitative estimate of drug-likeness (QED) is 0.280. The first-order valence-corrected chi connectivity index (χ1v) is 10.6. The molecule has 0 bridgehead atoms. The minimum absolute atomic E-state index is 0.144. The molecule has 0 saturated heterocycles. The number of carbonyl (C=O) groups excluding carboxylic acids is 1. The van der Waals surface area contributed by atoms with Gasteiger partial charge in [0, 0.05) is 17.3 Å². The summed E-state index contributed by atoms with van der Waals surface area (Å²) < 4.78 is 21.3. The minimum atomic E-state index is -0.190. The van der Waals surface area contributed by atoms with Gasteiger partial charge < -0.3 is 24.3 Å². The Morgan fingerprint density at radius 2 is 1.78 bits per heavy atom. The van der Waals surface area contributed by atoms with E-state index in [4.69, 9.17) is 18.9 Å². The third kappa shape index (κ3) is 4.39. The predicted octanol–water partition coefficient (Wildman–Crippen LogP) is 2.83. The van der Waals surface area contributed by atoms with Crippen LogP contribution >= 0.6 is 11.8 Å². The Labute approximate surface area is 186 Å². The van der Waals surface area contributed by atoms with Crippen molar-refractivity contribution in [3.8, 4) is 23.0 Å². The van der Waals surface area contributed by atoms with Crippen LogP contribution in [0.2, 0.25) is 0 Å². The predicted molar refractivity (Wildman–Crippen MR) is 117 cm³/mol. The summed E-state index contributed by atoms with van der Waals surface area (Å²) in [6.45, 7) is 2.27. The lowest BCUT2D eigenvalue weighted by Gasteiger charge is -2.05. The summed E-state index contributed by atoms with van der Waals surface area (Å²) in [6, 6.07) is 10.8. The Balaban J connectivity index is 1.13. The van der Waals surface area contributed by atoms with Crippen LogP contribution in [-0.2, 0) is 4.79 Å². The van der Waals surface area contributed by atoms with E-state index in [0.29, 0.717) is 39.8 Å². The number of rotatable bonds is 7. The lowest BCUT2D eigenvalue weighted by Crippen LogP contribution is -2.14. The number of carbonyl (C=O) groups is 1. The van der Waals surface area contributed by atoms with Gasteiger partial charge >= 0.3 is 0 Å². The number of nitrogens with zero attached hydrogens (tertiary/aromatic N) is 3. The van der Waals surface area contributed by atoms with Crippen molar-refractivity contribution in [2.75, 3.05) is 30.1 Å². The van der Waals surface area contributed by atoms with E-state index < -0.39 is 0 Å². The first kappa shape index (κ1) is 20.0. The number of anilines is 2. The van der Waals surface area contributed by atoms with Crippen molar-refractivity contribution in [3.05, 3.63) is 42.0 Å². The molecule has 0 spiro atoms. The number of fused-ring (bicyclic) bond motifs is 2. The summed E-state index contributed by atoms with van der Waals surface area (Å²) in [5, 5.41) is 14.4. The van der Waals surface area contributed by atoms with Crippen molar-refractivity contribution in [2.24, 2.45) is 5.10 Å². The van der Waals surface area contributed by atoms with Crippen LogP contribution in [-0.4, -0.2) is 46.1 Å². The van der Waals surface area contributed by atoms with Crippen molar-refractivity contribution < 1.29 is 23.7 Å². The summed E-state index contributed by atoms with van der Waals surface area (Å²) in [5.41, 5.74) is 5.08. The number of benzene rings is 2. The van der Waals surface area contributed by atoms with Gasteiger partial charge in [-0.25, -0.2) is 10.5 Å². The summed E-state index contributed by atoms with van der Waals surface area (Å²) in [6.07, 6.45) is 0. The molecule has 3 aromatic rings. The summed E-state index contributed by atoms with van der Waals surface area (Å²) in [7, 11) is 0. The van der Waals surface area contributed by atoms with E-state index in [1.54, 1.807) is 18.2 Å². The SMILES string of the molecule is C/C(=N/Nc1nc(SCC(=O)Nc2ccc3c(c2)OCO3)n[nH]1)c1ccc2c(c1)OCO2. The second-order valence-corrected chi connectivity index (χ2v) is 7.69. The molecule has 0 radical (unpaired) electrons. The molecular weight excluding hydrogens is 436 g/mol. The second kappa shape index (κ2) is 8.67. The average Bonchev–Trinajstić information content (AvgIpc) is 3.55. The molecule has 3 N–H and O–H groups in total. The molecule has 1 amide bonds. The molecule has 0 saturated carbocycles. The molecule has 2 aliphatic heterocycles. The topological polar surface area (TPSA) is 132 Å². The Hall–Kier alpha value is -3.93. The van der Waals surface area contributed by atoms with Crippen molar-refractivity contribution in [1.82, 2.24) is 15.2 Å². The van der Waals surface area contributed by atoms with Crippen LogP contribution < -0.4 is 29.7 Å². The van der Waals surface area contributed by atoms with Crippen molar-refractivity contribution in [3.63, 3.8) is 0 Å². The first-order chi connectivity index (χ1) is 15.6. The molecule has 5 rings (SSSR count). The number of H-pyrrole nitrogens is 1. The van der Waals surface area contributed by atoms with Gasteiger partial charge in [0.2, 0.25) is 30.6 Å². The van der Waals surface area contributed by atoms with Crippen LogP contribution in [0.3, 0.4) is 0 Å². The molecule has 0 fully saturated rings. The smallest absolute Gasteiger partial charge is 0.240 e. The van der Waals surface area contributed by atoms with Gasteiger partial charge in [-0.05, 0) is 37.3 Å². The van der Waals surface area contributed by atoms with Crippen molar-refractivity contribution in [2.45, 2.75) is 12.1 Å². The fraction of sp³-hybridized carbons (Fsp3) is 0.200. The van der Waals surface area contributed by atoms with E-state index in [-0.39, 0.29) is 25.2 Å². The van der Waals surface area contributed by atoms with Gasteiger partial charge in [-0.2, -0.15) is 10.1 Å². The third-order valence-corrected chi connectivity index (χ3v) is 5.42. The number of ether oxygens (including phenoxy) is 4. The largest absolute Gasteiger partial charge is 0.454 e. The maximum atomic E-state index is 12.2. The number of hydrogen-bond donors (Lipinski definition) is 3. The molecule has 2 aliphatic rings. The van der Waals surface area contributed by atoms with Crippen LogP contribution in [0, 0.1) is 0 Å². The van der Waals surface area contributed by atoms with Gasteiger partial charge in [-0.3, -0.25) is 4.79 Å². The summed E-state index contributed by atoms with van der Waals surface area (Å²) in [5.74, 6) is 2.99. The fourth-order valence-electron chi connectivity index (χ4n) is 2.99. The standard InChI is InChI=1S/C20H18N6O5S/c1-11(12-2-4-14-16(6-12)30-9-28-14)23-24-19-22-20(26-25-19)32-8-18(27)21-13-3-5-15-17(7-13)31-10-29-15/h2-7H,8-10H2,1H3,(H,21,27)(H2,22,24,25,26)/b23-11-. The van der Waals surface area contributed by atoms with Gasteiger partial charge in [0.25, 0.3) is 0 Å². The number of nitrogens with one attached hydrogen (secondary N) is 3. The molecule has 12 heteroatoms. The van der Waals surface area contributed by atoms with Crippen molar-refractivity contribution in [1.29, 1.82) is 0 Å². The molecule has 1 aromatic heterocycles. The number of hydrazone groups is 1. The van der Waals surface area contributed by atoms with E-state index in [1.807, 2.05) is 25.1 Å². The molecule has 0 unspecified atom stereocenters. The van der Waals surface area contributed by atoms with Gasteiger partial charge in [-0.1, -0.05) is 11.8 Å². The zero-order valence-electron chi connectivity index (χ0n) is 16.9. The number of hydrogen-bond acceptors (Lipinski definition) is 10. The minimum Gasteiger partial charge on any atom is -0.454 e. The lowest BCUT2D eigenvalue weighted by atomic mass is 10.1. The molecule has 32 heavy (non-hydrogen) atoms. The number of aromatic nitrogens is 3. The van der Waals surface area contributed by atoms with E-state index >= 15 is 0 Å². The molecule has 2 aromatic carbocycles. The molecule has 164 valence electrons. The molecule has 0 atom stereocenters. The summed E-state index contributed by atoms with van der Waals surface area (Å²) in [4.78, 5) is 16.5. The highest BCUT2D eigenvalue weighted by Gasteiger charge is 2.16. The molecular formula is C20H18N6O5S. The van der Waals surface area contributed by atoms with Crippen LogP contribution in [0.15, 0.2) is 46.7 Å². The normalized spacial score (nSPS) is 13.8. The maximum absolute atomic E-state index is 12.2. The highest BCUT2D eigenvalue weighted by molar-refractivity contribution is 7.99. The van der Waals surface area contributed by atoms with Gasteiger partial charge in [-0.15, -0.1) is 5.10 Å². The first-order valence-electron chi connectivity index (χ1n) is 9.59. The van der Waals surface area contributed by atoms with Gasteiger partial charge in [0.05, 0.1) is 11.5 Å². The lowest BCUT2D eigenvalue weighted by molar-refractivity contribution is -0.113. The maximum Gasteiger partial charge on any atom is 0.240 e. The Bertz CT molecular complexity index is 1200. The van der Waals surface area contributed by atoms with Crippen molar-refractivity contribution >= 4 is 35.0 Å². The van der Waals surface area contributed by atoms with Crippen LogP contribution in [0.25, 0.3) is 0 Å². The van der Waals surface area contributed by atoms with Crippen LogP contribution in [0.5, 0.6) is 23.0 Å². The number of thioether (sulfide) groups is 1. The second-order valence-electron chi connectivity index (χ2n) is 6.75. The molecule has 3 heterocycles. The Morgan fingerprint density at radius 1 is 1.06 bits per heavy atom. The van der Waals surface area contributed by atoms with E-state index in [0.717, 1.165) is 11.3 Å². The van der Waals surface area contributed by atoms with Crippen LogP contribution in [0.1, 0.15) is 12.5 Å². The van der Waals surface area contributed by atoms with Gasteiger partial charge in [0.15, 0.2) is 23.0 Å². The fourth-order valence-corrected chi connectivity index (χ4v) is 3.58. The van der Waals surface area contributed by atoms with E-state index in [1.165, 1.54) is 11.8 Å². The highest BCUT2D eigenvalue weighted by Crippen LogP contribution is 2.34. The highest BCUT2D eigenvalue weighted by atomic mass is 32.2. The third-order valence-electron chi connectivity index (χ3n) is 4.57. The molecule has 11 nitrogen and oxygen atoms in total. The Morgan fingerprint density at radius 3 is 2.59 bits per heavy atom. The van der Waals surface area contributed by atoms with E-state index in [2.05, 4.69) is 31.0 Å². The van der Waals surface area contributed by atoms with Gasteiger partial charge in [0.1, 0.15) is 0 Å². The zero-order valence-corrected chi connectivity index (χ0v) is 17.7. The van der Waals surface area contributed by atoms with Crippen LogP contribution in [0.4, 0.5) is 11.6 Å². The molecule has 0 aliphatic carbocycles. The summed E-state index contributed by atoms with van der Waals surface area (Å²) >= 11 is 1.20. The average molecular weight is 454 g/mol. The zero-order chi connectivity index (χ0) is 21.9. The Kier molecular flexibility index (Phi) is 5.42.